The van der Waals surface area contributed by atoms with Crippen LogP contribution in [0.4, 0.5) is 8.78 Å². The highest BCUT2D eigenvalue weighted by Gasteiger charge is 2.39. The highest BCUT2D eigenvalue weighted by molar-refractivity contribution is 5.97. The molecular formula is C17H15F2N3O4. The third-order valence-electron chi connectivity index (χ3n) is 4.14. The van der Waals surface area contributed by atoms with Crippen molar-refractivity contribution >= 4 is 28.7 Å². The van der Waals surface area contributed by atoms with Gasteiger partial charge in [-0.25, -0.2) is 18.6 Å². The Morgan fingerprint density at radius 2 is 2.04 bits per heavy atom. The van der Waals surface area contributed by atoms with Gasteiger partial charge in [-0.05, 0) is 24.3 Å². The van der Waals surface area contributed by atoms with Crippen molar-refractivity contribution in [2.45, 2.75) is 18.6 Å². The summed E-state index contributed by atoms with van der Waals surface area (Å²) in [5, 5.41) is 11.9. The quantitative estimate of drug-likeness (QED) is 0.848. The zero-order chi connectivity index (χ0) is 18.8. The van der Waals surface area contributed by atoms with Crippen LogP contribution in [-0.4, -0.2) is 58.1 Å². The van der Waals surface area contributed by atoms with Gasteiger partial charge in [-0.3, -0.25) is 9.59 Å². The molecule has 0 aliphatic carbocycles. The number of pyridine rings is 1. The molecular weight excluding hydrogens is 348 g/mol. The van der Waals surface area contributed by atoms with Crippen molar-refractivity contribution in [3.63, 3.8) is 0 Å². The standard InChI is InChI=1S/C17H15F2N3O4/c18-10-2-4-12-9(5-10)1-3-13(21-12)16(24)20-7-15(23)22-8-11(19)6-14(22)17(25)26/h1-5,11,14H,6-8H2,(H,20,24)(H,25,26). The number of nitrogens with zero attached hydrogens (tertiary/aromatic N) is 2. The zero-order valence-corrected chi connectivity index (χ0v) is 13.5. The van der Waals surface area contributed by atoms with Crippen LogP contribution in [0, 0.1) is 5.82 Å². The number of hydrogen-bond acceptors (Lipinski definition) is 4. The maximum absolute atomic E-state index is 13.4. The topological polar surface area (TPSA) is 99.6 Å². The number of rotatable bonds is 4. The van der Waals surface area contributed by atoms with Crippen LogP contribution in [0.1, 0.15) is 16.9 Å². The fraction of sp³-hybridized carbons (Fsp3) is 0.294. The second kappa shape index (κ2) is 7.03. The smallest absolute Gasteiger partial charge is 0.326 e. The van der Waals surface area contributed by atoms with Crippen molar-refractivity contribution in [1.29, 1.82) is 0 Å². The number of carboxylic acids is 1. The van der Waals surface area contributed by atoms with Crippen molar-refractivity contribution in [3.8, 4) is 0 Å². The predicted octanol–water partition coefficient (Wildman–Crippen LogP) is 1.13. The third-order valence-corrected chi connectivity index (χ3v) is 4.14. The van der Waals surface area contributed by atoms with E-state index in [-0.39, 0.29) is 18.7 Å². The Morgan fingerprint density at radius 3 is 2.77 bits per heavy atom. The van der Waals surface area contributed by atoms with Crippen LogP contribution in [0.2, 0.25) is 0 Å². The van der Waals surface area contributed by atoms with E-state index >= 15 is 0 Å². The summed E-state index contributed by atoms with van der Waals surface area (Å²) in [6, 6.07) is 5.60. The molecule has 1 aliphatic rings. The molecule has 9 heteroatoms. The Morgan fingerprint density at radius 1 is 1.27 bits per heavy atom. The van der Waals surface area contributed by atoms with Gasteiger partial charge in [0.25, 0.3) is 5.91 Å². The van der Waals surface area contributed by atoms with Gasteiger partial charge >= 0.3 is 5.97 Å². The number of carboxylic acid groups (broad SMARTS) is 1. The molecule has 0 saturated carbocycles. The number of aromatic nitrogens is 1. The largest absolute Gasteiger partial charge is 0.480 e. The fourth-order valence-electron chi connectivity index (χ4n) is 2.87. The first kappa shape index (κ1) is 17.7. The molecule has 0 radical (unpaired) electrons. The lowest BCUT2D eigenvalue weighted by Gasteiger charge is -2.21. The Kier molecular flexibility index (Phi) is 4.79. The van der Waals surface area contributed by atoms with Crippen molar-refractivity contribution < 1.29 is 28.3 Å². The van der Waals surface area contributed by atoms with Gasteiger partial charge in [0.1, 0.15) is 23.7 Å². The molecule has 26 heavy (non-hydrogen) atoms. The first-order chi connectivity index (χ1) is 12.3. The van der Waals surface area contributed by atoms with E-state index in [0.29, 0.717) is 10.9 Å². The Balaban J connectivity index is 1.66. The molecule has 2 N–H and O–H groups in total. The number of hydrogen-bond donors (Lipinski definition) is 2. The van der Waals surface area contributed by atoms with Crippen LogP contribution in [0.3, 0.4) is 0 Å². The second-order valence-corrected chi connectivity index (χ2v) is 5.95. The summed E-state index contributed by atoms with van der Waals surface area (Å²) in [5.74, 6) is -3.04. The fourth-order valence-corrected chi connectivity index (χ4v) is 2.87. The molecule has 0 spiro atoms. The normalized spacial score (nSPS) is 19.5. The van der Waals surface area contributed by atoms with Crippen LogP contribution < -0.4 is 5.32 Å². The van der Waals surface area contributed by atoms with Gasteiger partial charge in [-0.15, -0.1) is 0 Å². The van der Waals surface area contributed by atoms with Crippen molar-refractivity contribution in [2.75, 3.05) is 13.1 Å². The number of likely N-dealkylation sites (tertiary alicyclic amines) is 1. The lowest BCUT2D eigenvalue weighted by molar-refractivity contribution is -0.147. The first-order valence-corrected chi connectivity index (χ1v) is 7.86. The van der Waals surface area contributed by atoms with Crippen LogP contribution in [0.25, 0.3) is 10.9 Å². The molecule has 136 valence electrons. The Labute approximate surface area is 146 Å². The highest BCUT2D eigenvalue weighted by Crippen LogP contribution is 2.20. The van der Waals surface area contributed by atoms with Gasteiger partial charge < -0.3 is 15.3 Å². The molecule has 2 amide bonds. The number of alkyl halides is 1. The maximum Gasteiger partial charge on any atom is 0.326 e. The predicted molar refractivity (Wildman–Crippen MR) is 86.7 cm³/mol. The molecule has 1 fully saturated rings. The summed E-state index contributed by atoms with van der Waals surface area (Å²) in [6.45, 7) is -0.788. The van der Waals surface area contributed by atoms with E-state index in [1.54, 1.807) is 0 Å². The molecule has 1 aromatic heterocycles. The first-order valence-electron chi connectivity index (χ1n) is 7.86. The monoisotopic (exact) mass is 363 g/mol. The van der Waals surface area contributed by atoms with E-state index in [2.05, 4.69) is 10.3 Å². The molecule has 7 nitrogen and oxygen atoms in total. The van der Waals surface area contributed by atoms with Crippen molar-refractivity contribution in [3.05, 3.63) is 41.8 Å². The number of benzene rings is 1. The summed E-state index contributed by atoms with van der Waals surface area (Å²) >= 11 is 0. The van der Waals surface area contributed by atoms with Crippen LogP contribution in [-0.2, 0) is 9.59 Å². The summed E-state index contributed by atoms with van der Waals surface area (Å²) in [7, 11) is 0. The Bertz CT molecular complexity index is 889. The van der Waals surface area contributed by atoms with Gasteiger partial charge in [0.2, 0.25) is 5.91 Å². The molecule has 1 aliphatic heterocycles. The number of nitrogens with one attached hydrogen (secondary N) is 1. The van der Waals surface area contributed by atoms with E-state index in [1.807, 2.05) is 0 Å². The number of carbonyl (C=O) groups is 3. The number of halogens is 2. The molecule has 3 rings (SSSR count). The van der Waals surface area contributed by atoms with Crippen LogP contribution >= 0.6 is 0 Å². The number of carbonyl (C=O) groups excluding carboxylic acids is 2. The minimum atomic E-state index is -1.40. The van der Waals surface area contributed by atoms with E-state index in [9.17, 15) is 23.2 Å². The lowest BCUT2D eigenvalue weighted by atomic mass is 10.2. The zero-order valence-electron chi connectivity index (χ0n) is 13.5. The van der Waals surface area contributed by atoms with E-state index in [1.165, 1.54) is 30.3 Å². The van der Waals surface area contributed by atoms with Crippen LogP contribution in [0.5, 0.6) is 0 Å². The van der Waals surface area contributed by atoms with Crippen LogP contribution in [0.15, 0.2) is 30.3 Å². The maximum atomic E-state index is 13.4. The molecule has 2 aromatic rings. The molecule has 1 saturated heterocycles. The Hall–Kier alpha value is -3.10. The SMILES string of the molecule is O=C(NCC(=O)N1CC(F)CC1C(=O)O)c1ccc2cc(F)ccc2n1. The van der Waals surface area contributed by atoms with E-state index in [0.717, 1.165) is 4.90 Å². The van der Waals surface area contributed by atoms with Crippen molar-refractivity contribution in [2.24, 2.45) is 0 Å². The van der Waals surface area contributed by atoms with Gasteiger partial charge in [-0.2, -0.15) is 0 Å². The number of aliphatic carboxylic acids is 1. The number of amides is 2. The molecule has 2 atom stereocenters. The summed E-state index contributed by atoms with van der Waals surface area (Å²) < 4.78 is 26.6. The van der Waals surface area contributed by atoms with Gasteiger partial charge in [-0.1, -0.05) is 6.07 Å². The van der Waals surface area contributed by atoms with E-state index in [4.69, 9.17) is 5.11 Å². The van der Waals surface area contributed by atoms with Gasteiger partial charge in [0.15, 0.2) is 0 Å². The molecule has 2 heterocycles. The molecule has 1 aromatic carbocycles. The minimum Gasteiger partial charge on any atom is -0.480 e. The van der Waals surface area contributed by atoms with Gasteiger partial charge in [0.05, 0.1) is 18.6 Å². The summed E-state index contributed by atoms with van der Waals surface area (Å²) in [5.41, 5.74) is 0.438. The average molecular weight is 363 g/mol. The lowest BCUT2D eigenvalue weighted by Crippen LogP contribution is -2.45. The summed E-state index contributed by atoms with van der Waals surface area (Å²) in [4.78, 5) is 40.3. The second-order valence-electron chi connectivity index (χ2n) is 5.95. The number of fused-ring (bicyclic) bond motifs is 1. The minimum absolute atomic E-state index is 0.0245. The van der Waals surface area contributed by atoms with Gasteiger partial charge in [0, 0.05) is 11.8 Å². The average Bonchev–Trinajstić information content (AvgIpc) is 3.01. The van der Waals surface area contributed by atoms with Crippen molar-refractivity contribution in [1.82, 2.24) is 15.2 Å². The van der Waals surface area contributed by atoms with E-state index < -0.39 is 42.4 Å². The molecule has 0 bridgehead atoms. The summed E-state index contributed by atoms with van der Waals surface area (Å²) in [6.07, 6.45) is -1.67. The molecule has 2 unspecified atom stereocenters. The highest BCUT2D eigenvalue weighted by atomic mass is 19.1. The third kappa shape index (κ3) is 3.61.